The molecule has 0 saturated heterocycles. The highest BCUT2D eigenvalue weighted by Gasteiger charge is 2.18. The fraction of sp³-hybridized carbons (Fsp3) is 0.227. The van der Waals surface area contributed by atoms with Gasteiger partial charge in [0.05, 0.1) is 20.3 Å². The third-order valence-electron chi connectivity index (χ3n) is 4.41. The van der Waals surface area contributed by atoms with Crippen LogP contribution < -0.4 is 20.1 Å². The third-order valence-corrected chi connectivity index (χ3v) is 5.35. The summed E-state index contributed by atoms with van der Waals surface area (Å²) in [7, 11) is 3.19. The van der Waals surface area contributed by atoms with Crippen molar-refractivity contribution in [2.24, 2.45) is 0 Å². The predicted molar refractivity (Wildman–Crippen MR) is 112 cm³/mol. The van der Waals surface area contributed by atoms with Gasteiger partial charge in [0.1, 0.15) is 0 Å². The Hall–Kier alpha value is -2.99. The fourth-order valence-electron chi connectivity index (χ4n) is 2.89. The number of hydrogen-bond acceptors (Lipinski definition) is 4. The number of urea groups is 1. The van der Waals surface area contributed by atoms with Crippen molar-refractivity contribution in [1.29, 1.82) is 0 Å². The summed E-state index contributed by atoms with van der Waals surface area (Å²) < 4.78 is 10.6. The molecular formula is C22H24N2O3S. The number of benzene rings is 2. The second-order valence-electron chi connectivity index (χ2n) is 6.38. The quantitative estimate of drug-likeness (QED) is 0.610. The zero-order valence-electron chi connectivity index (χ0n) is 16.2. The zero-order valence-corrected chi connectivity index (χ0v) is 17.0. The summed E-state index contributed by atoms with van der Waals surface area (Å²) in [4.78, 5) is 13.7. The standard InChI is InChI=1S/C22H24N2O3S/c1-15-6-9-17(10-7-15)21(20-5-4-12-28-20)24-22(25)23-14-16-8-11-18(26-2)19(13-16)27-3/h4-13,21H,14H2,1-3H3,(H2,23,24,25)/t21-/m1/s1. The van der Waals surface area contributed by atoms with Gasteiger partial charge in [0.2, 0.25) is 0 Å². The molecule has 146 valence electrons. The minimum atomic E-state index is -0.228. The molecule has 2 aromatic carbocycles. The van der Waals surface area contributed by atoms with Gasteiger partial charge >= 0.3 is 6.03 Å². The molecule has 0 aliphatic heterocycles. The molecule has 1 aromatic heterocycles. The molecule has 28 heavy (non-hydrogen) atoms. The first-order valence-corrected chi connectivity index (χ1v) is 9.84. The van der Waals surface area contributed by atoms with Crippen LogP contribution in [0.25, 0.3) is 0 Å². The highest BCUT2D eigenvalue weighted by molar-refractivity contribution is 7.10. The minimum Gasteiger partial charge on any atom is -0.493 e. The number of carbonyl (C=O) groups excluding carboxylic acids is 1. The summed E-state index contributed by atoms with van der Waals surface area (Å²) in [6.07, 6.45) is 0. The van der Waals surface area contributed by atoms with Crippen LogP contribution in [-0.2, 0) is 6.54 Å². The average molecular weight is 397 g/mol. The lowest BCUT2D eigenvalue weighted by atomic mass is 10.0. The van der Waals surface area contributed by atoms with Crippen molar-refractivity contribution in [2.45, 2.75) is 19.5 Å². The van der Waals surface area contributed by atoms with Gasteiger partial charge in [0.15, 0.2) is 11.5 Å². The van der Waals surface area contributed by atoms with E-state index in [4.69, 9.17) is 9.47 Å². The smallest absolute Gasteiger partial charge is 0.315 e. The number of aryl methyl sites for hydroxylation is 1. The van der Waals surface area contributed by atoms with E-state index < -0.39 is 0 Å². The maximum Gasteiger partial charge on any atom is 0.315 e. The Bertz CT molecular complexity index is 908. The topological polar surface area (TPSA) is 59.6 Å². The van der Waals surface area contributed by atoms with E-state index in [1.807, 2.05) is 54.8 Å². The van der Waals surface area contributed by atoms with E-state index in [-0.39, 0.29) is 12.1 Å². The molecule has 6 heteroatoms. The van der Waals surface area contributed by atoms with Crippen molar-refractivity contribution in [3.8, 4) is 11.5 Å². The molecule has 2 amide bonds. The molecule has 1 heterocycles. The van der Waals surface area contributed by atoms with Crippen molar-refractivity contribution < 1.29 is 14.3 Å². The number of rotatable bonds is 7. The molecule has 3 rings (SSSR count). The molecule has 0 bridgehead atoms. The van der Waals surface area contributed by atoms with Gasteiger partial charge in [-0.15, -0.1) is 11.3 Å². The van der Waals surface area contributed by atoms with Gasteiger partial charge in [-0.3, -0.25) is 0 Å². The molecule has 0 spiro atoms. The van der Waals surface area contributed by atoms with E-state index in [9.17, 15) is 4.79 Å². The van der Waals surface area contributed by atoms with Gasteiger partial charge in [-0.1, -0.05) is 42.0 Å². The summed E-state index contributed by atoms with van der Waals surface area (Å²) in [5.41, 5.74) is 3.16. The van der Waals surface area contributed by atoms with Gasteiger partial charge < -0.3 is 20.1 Å². The lowest BCUT2D eigenvalue weighted by Gasteiger charge is -2.19. The van der Waals surface area contributed by atoms with E-state index >= 15 is 0 Å². The minimum absolute atomic E-state index is 0.189. The Morgan fingerprint density at radius 3 is 2.43 bits per heavy atom. The third kappa shape index (κ3) is 4.84. The Labute approximate surface area is 169 Å². The molecular weight excluding hydrogens is 372 g/mol. The van der Waals surface area contributed by atoms with Crippen LogP contribution in [0.1, 0.15) is 27.6 Å². The second kappa shape index (κ2) is 9.28. The van der Waals surface area contributed by atoms with Gasteiger partial charge in [-0.05, 0) is 41.6 Å². The lowest BCUT2D eigenvalue weighted by Crippen LogP contribution is -2.37. The maximum atomic E-state index is 12.6. The van der Waals surface area contributed by atoms with Crippen LogP contribution in [-0.4, -0.2) is 20.3 Å². The highest BCUT2D eigenvalue weighted by atomic mass is 32.1. The monoisotopic (exact) mass is 396 g/mol. The molecule has 0 saturated carbocycles. The first-order valence-electron chi connectivity index (χ1n) is 8.96. The second-order valence-corrected chi connectivity index (χ2v) is 7.35. The van der Waals surface area contributed by atoms with Gasteiger partial charge in [-0.2, -0.15) is 0 Å². The number of nitrogens with one attached hydrogen (secondary N) is 2. The van der Waals surface area contributed by atoms with Crippen molar-refractivity contribution >= 4 is 17.4 Å². The summed E-state index contributed by atoms with van der Waals surface area (Å²) in [5, 5.41) is 8.01. The van der Waals surface area contributed by atoms with E-state index in [1.54, 1.807) is 25.6 Å². The van der Waals surface area contributed by atoms with Crippen molar-refractivity contribution in [3.05, 3.63) is 81.5 Å². The van der Waals surface area contributed by atoms with E-state index in [1.165, 1.54) is 5.56 Å². The summed E-state index contributed by atoms with van der Waals surface area (Å²) >= 11 is 1.62. The molecule has 0 fully saturated rings. The Morgan fingerprint density at radius 1 is 1.04 bits per heavy atom. The van der Waals surface area contributed by atoms with E-state index in [0.29, 0.717) is 18.0 Å². The highest BCUT2D eigenvalue weighted by Crippen LogP contribution is 2.28. The van der Waals surface area contributed by atoms with Crippen molar-refractivity contribution in [1.82, 2.24) is 10.6 Å². The number of carbonyl (C=O) groups is 1. The van der Waals surface area contributed by atoms with Gasteiger partial charge in [0, 0.05) is 11.4 Å². The number of thiophene rings is 1. The number of hydrogen-bond donors (Lipinski definition) is 2. The largest absolute Gasteiger partial charge is 0.493 e. The number of amides is 2. The molecule has 1 atom stereocenters. The molecule has 0 radical (unpaired) electrons. The molecule has 3 aromatic rings. The molecule has 2 N–H and O–H groups in total. The summed E-state index contributed by atoms with van der Waals surface area (Å²) in [6.45, 7) is 2.43. The Balaban J connectivity index is 1.68. The lowest BCUT2D eigenvalue weighted by molar-refractivity contribution is 0.238. The zero-order chi connectivity index (χ0) is 19.9. The van der Waals surface area contributed by atoms with Crippen LogP contribution >= 0.6 is 11.3 Å². The van der Waals surface area contributed by atoms with E-state index in [0.717, 1.165) is 16.0 Å². The Morgan fingerprint density at radius 2 is 1.79 bits per heavy atom. The van der Waals surface area contributed by atoms with Crippen LogP contribution in [0.3, 0.4) is 0 Å². The summed E-state index contributed by atoms with van der Waals surface area (Å²) in [6, 6.07) is 17.4. The normalized spacial score (nSPS) is 11.5. The maximum absolute atomic E-state index is 12.6. The van der Waals surface area contributed by atoms with Crippen LogP contribution in [0.5, 0.6) is 11.5 Å². The van der Waals surface area contributed by atoms with E-state index in [2.05, 4.69) is 22.8 Å². The van der Waals surface area contributed by atoms with Crippen LogP contribution in [0.2, 0.25) is 0 Å². The number of ether oxygens (including phenoxy) is 2. The van der Waals surface area contributed by atoms with Crippen LogP contribution in [0.4, 0.5) is 4.79 Å². The van der Waals surface area contributed by atoms with Gasteiger partial charge in [0.25, 0.3) is 0 Å². The Kier molecular flexibility index (Phi) is 6.55. The first kappa shape index (κ1) is 19.8. The molecule has 0 aliphatic rings. The molecule has 5 nitrogen and oxygen atoms in total. The summed E-state index contributed by atoms with van der Waals surface area (Å²) in [5.74, 6) is 1.30. The molecule has 0 aliphatic carbocycles. The first-order chi connectivity index (χ1) is 13.6. The van der Waals surface area contributed by atoms with Gasteiger partial charge in [-0.25, -0.2) is 4.79 Å². The number of methoxy groups -OCH3 is 2. The predicted octanol–water partition coefficient (Wildman–Crippen LogP) is 4.66. The fourth-order valence-corrected chi connectivity index (χ4v) is 3.69. The van der Waals surface area contributed by atoms with Crippen LogP contribution in [0.15, 0.2) is 60.0 Å². The van der Waals surface area contributed by atoms with Crippen LogP contribution in [0, 0.1) is 6.92 Å². The van der Waals surface area contributed by atoms with Crippen molar-refractivity contribution in [2.75, 3.05) is 14.2 Å². The van der Waals surface area contributed by atoms with Crippen molar-refractivity contribution in [3.63, 3.8) is 0 Å². The molecule has 0 unspecified atom stereocenters. The SMILES string of the molecule is COc1ccc(CNC(=O)N[C@H](c2ccc(C)cc2)c2cccs2)cc1OC. The average Bonchev–Trinajstić information content (AvgIpc) is 3.25.